The van der Waals surface area contributed by atoms with E-state index in [1.807, 2.05) is 6.07 Å². The van der Waals surface area contributed by atoms with Crippen LogP contribution in [-0.2, 0) is 6.54 Å². The van der Waals surface area contributed by atoms with E-state index in [0.717, 1.165) is 18.4 Å². The minimum absolute atomic E-state index is 0.318. The molecule has 2 aromatic rings. The normalized spacial score (nSPS) is 11.1. The lowest BCUT2D eigenvalue weighted by molar-refractivity contribution is 0.476. The van der Waals surface area contributed by atoms with Gasteiger partial charge in [0.1, 0.15) is 5.75 Å². The standard InChI is InChI=1S/C12H16N2O/c1-9-7-10-8-11(15)3-4-12(10)14(9)6-2-5-13/h3-4,7-8,15H,2,5-6,13H2,1H3. The summed E-state index contributed by atoms with van der Waals surface area (Å²) >= 11 is 0. The molecule has 0 aliphatic heterocycles. The number of fused-ring (bicyclic) bond motifs is 1. The van der Waals surface area contributed by atoms with Gasteiger partial charge in [-0.2, -0.15) is 0 Å². The highest BCUT2D eigenvalue weighted by Gasteiger charge is 2.05. The number of aromatic hydroxyl groups is 1. The lowest BCUT2D eigenvalue weighted by Crippen LogP contribution is -2.06. The molecule has 1 aromatic heterocycles. The highest BCUT2D eigenvalue weighted by molar-refractivity contribution is 5.82. The number of phenolic OH excluding ortho intramolecular Hbond substituents is 1. The van der Waals surface area contributed by atoms with Crippen molar-refractivity contribution in [2.45, 2.75) is 19.9 Å². The molecule has 3 nitrogen and oxygen atoms in total. The summed E-state index contributed by atoms with van der Waals surface area (Å²) in [6.45, 7) is 3.72. The predicted octanol–water partition coefficient (Wildman–Crippen LogP) is 2.00. The van der Waals surface area contributed by atoms with Crippen LogP contribution >= 0.6 is 0 Å². The van der Waals surface area contributed by atoms with Gasteiger partial charge < -0.3 is 15.4 Å². The van der Waals surface area contributed by atoms with Gasteiger partial charge in [0.2, 0.25) is 0 Å². The van der Waals surface area contributed by atoms with Gasteiger partial charge in [-0.05, 0) is 44.2 Å². The zero-order valence-corrected chi connectivity index (χ0v) is 8.90. The third kappa shape index (κ3) is 1.83. The Morgan fingerprint density at radius 1 is 1.33 bits per heavy atom. The Morgan fingerprint density at radius 2 is 2.13 bits per heavy atom. The first kappa shape index (κ1) is 10.1. The topological polar surface area (TPSA) is 51.2 Å². The van der Waals surface area contributed by atoms with Gasteiger partial charge >= 0.3 is 0 Å². The number of rotatable bonds is 3. The highest BCUT2D eigenvalue weighted by Crippen LogP contribution is 2.23. The molecule has 3 heteroatoms. The number of hydrogen-bond acceptors (Lipinski definition) is 2. The van der Waals surface area contributed by atoms with Crippen molar-refractivity contribution in [1.29, 1.82) is 0 Å². The predicted molar refractivity (Wildman–Crippen MR) is 62.0 cm³/mol. The number of aryl methyl sites for hydroxylation is 2. The lowest BCUT2D eigenvalue weighted by Gasteiger charge is -2.06. The van der Waals surface area contributed by atoms with Crippen LogP contribution in [0.15, 0.2) is 24.3 Å². The maximum atomic E-state index is 9.38. The average molecular weight is 204 g/mol. The number of nitrogens with two attached hydrogens (primary N) is 1. The fourth-order valence-electron chi connectivity index (χ4n) is 1.94. The molecule has 1 aromatic carbocycles. The van der Waals surface area contributed by atoms with Crippen LogP contribution in [0.1, 0.15) is 12.1 Å². The van der Waals surface area contributed by atoms with Crippen molar-refractivity contribution in [3.05, 3.63) is 30.0 Å². The van der Waals surface area contributed by atoms with E-state index in [0.29, 0.717) is 12.3 Å². The molecule has 0 unspecified atom stereocenters. The van der Waals surface area contributed by atoms with E-state index in [4.69, 9.17) is 5.73 Å². The van der Waals surface area contributed by atoms with E-state index in [1.165, 1.54) is 11.2 Å². The maximum absolute atomic E-state index is 9.38. The van der Waals surface area contributed by atoms with Crippen LogP contribution in [0.2, 0.25) is 0 Å². The molecule has 0 saturated heterocycles. The first-order valence-electron chi connectivity index (χ1n) is 5.21. The summed E-state index contributed by atoms with van der Waals surface area (Å²) in [5.41, 5.74) is 7.89. The smallest absolute Gasteiger partial charge is 0.116 e. The van der Waals surface area contributed by atoms with Crippen molar-refractivity contribution in [3.8, 4) is 5.75 Å². The summed E-state index contributed by atoms with van der Waals surface area (Å²) in [5.74, 6) is 0.318. The number of hydrogen-bond donors (Lipinski definition) is 2. The minimum Gasteiger partial charge on any atom is -0.508 e. The molecule has 0 spiro atoms. The van der Waals surface area contributed by atoms with Crippen molar-refractivity contribution >= 4 is 10.9 Å². The number of aromatic nitrogens is 1. The van der Waals surface area contributed by atoms with Gasteiger partial charge in [-0.3, -0.25) is 0 Å². The highest BCUT2D eigenvalue weighted by atomic mass is 16.3. The molecule has 15 heavy (non-hydrogen) atoms. The number of benzene rings is 1. The fourth-order valence-corrected chi connectivity index (χ4v) is 1.94. The molecule has 0 amide bonds. The van der Waals surface area contributed by atoms with Crippen LogP contribution in [0, 0.1) is 6.92 Å². The van der Waals surface area contributed by atoms with Gasteiger partial charge in [0.05, 0.1) is 0 Å². The van der Waals surface area contributed by atoms with Crippen molar-refractivity contribution in [2.75, 3.05) is 6.54 Å². The fraction of sp³-hybridized carbons (Fsp3) is 0.333. The molecule has 1 heterocycles. The second kappa shape index (κ2) is 3.95. The Morgan fingerprint density at radius 3 is 2.87 bits per heavy atom. The first-order chi connectivity index (χ1) is 7.22. The molecule has 2 rings (SSSR count). The van der Waals surface area contributed by atoms with Crippen molar-refractivity contribution < 1.29 is 5.11 Å². The summed E-state index contributed by atoms with van der Waals surface area (Å²) in [7, 11) is 0. The van der Waals surface area contributed by atoms with Gasteiger partial charge in [-0.1, -0.05) is 0 Å². The molecule has 0 radical (unpaired) electrons. The van der Waals surface area contributed by atoms with Crippen molar-refractivity contribution in [3.63, 3.8) is 0 Å². The van der Waals surface area contributed by atoms with E-state index in [1.54, 1.807) is 12.1 Å². The Kier molecular flexibility index (Phi) is 2.64. The molecule has 0 aliphatic rings. The summed E-state index contributed by atoms with van der Waals surface area (Å²) in [6, 6.07) is 7.56. The number of phenols is 1. The van der Waals surface area contributed by atoms with E-state index < -0.39 is 0 Å². The quantitative estimate of drug-likeness (QED) is 0.803. The summed E-state index contributed by atoms with van der Waals surface area (Å²) in [6.07, 6.45) is 0.978. The molecule has 0 bridgehead atoms. The van der Waals surface area contributed by atoms with Gasteiger partial charge in [0.25, 0.3) is 0 Å². The van der Waals surface area contributed by atoms with E-state index >= 15 is 0 Å². The molecule has 80 valence electrons. The van der Waals surface area contributed by atoms with Crippen LogP contribution in [0.4, 0.5) is 0 Å². The van der Waals surface area contributed by atoms with Crippen molar-refractivity contribution in [2.24, 2.45) is 5.73 Å². The van der Waals surface area contributed by atoms with Crippen LogP contribution in [-0.4, -0.2) is 16.2 Å². The largest absolute Gasteiger partial charge is 0.508 e. The Hall–Kier alpha value is -1.48. The third-order valence-electron chi connectivity index (χ3n) is 2.68. The van der Waals surface area contributed by atoms with Crippen LogP contribution in [0.25, 0.3) is 10.9 Å². The van der Waals surface area contributed by atoms with Gasteiger partial charge in [0, 0.05) is 23.1 Å². The summed E-state index contributed by atoms with van der Waals surface area (Å²) in [5, 5.41) is 10.5. The molecule has 0 aliphatic carbocycles. The van der Waals surface area contributed by atoms with Crippen LogP contribution < -0.4 is 5.73 Å². The maximum Gasteiger partial charge on any atom is 0.116 e. The van der Waals surface area contributed by atoms with Gasteiger partial charge in [0.15, 0.2) is 0 Å². The molecule has 0 atom stereocenters. The molecule has 0 fully saturated rings. The SMILES string of the molecule is Cc1cc2cc(O)ccc2n1CCCN. The van der Waals surface area contributed by atoms with E-state index in [2.05, 4.69) is 17.6 Å². The molecular weight excluding hydrogens is 188 g/mol. The average Bonchev–Trinajstić information content (AvgIpc) is 2.50. The van der Waals surface area contributed by atoms with Crippen LogP contribution in [0.5, 0.6) is 5.75 Å². The van der Waals surface area contributed by atoms with E-state index in [9.17, 15) is 5.11 Å². The Bertz CT molecular complexity index is 474. The second-order valence-corrected chi connectivity index (χ2v) is 3.82. The zero-order chi connectivity index (χ0) is 10.8. The molecule has 3 N–H and O–H groups in total. The van der Waals surface area contributed by atoms with Crippen molar-refractivity contribution in [1.82, 2.24) is 4.57 Å². The summed E-state index contributed by atoms with van der Waals surface area (Å²) in [4.78, 5) is 0. The zero-order valence-electron chi connectivity index (χ0n) is 8.90. The lowest BCUT2D eigenvalue weighted by atomic mass is 10.2. The molecular formula is C12H16N2O. The monoisotopic (exact) mass is 204 g/mol. The van der Waals surface area contributed by atoms with Gasteiger partial charge in [-0.25, -0.2) is 0 Å². The van der Waals surface area contributed by atoms with E-state index in [-0.39, 0.29) is 0 Å². The molecule has 0 saturated carbocycles. The minimum atomic E-state index is 0.318. The van der Waals surface area contributed by atoms with Gasteiger partial charge in [-0.15, -0.1) is 0 Å². The number of nitrogens with zero attached hydrogens (tertiary/aromatic N) is 1. The summed E-state index contributed by atoms with van der Waals surface area (Å²) < 4.78 is 2.24. The van der Waals surface area contributed by atoms with Crippen LogP contribution in [0.3, 0.4) is 0 Å². The first-order valence-corrected chi connectivity index (χ1v) is 5.21. The Labute approximate surface area is 89.1 Å². The third-order valence-corrected chi connectivity index (χ3v) is 2.68. The Balaban J connectivity index is 2.48. The second-order valence-electron chi connectivity index (χ2n) is 3.82.